The average Bonchev–Trinajstić information content (AvgIpc) is 3.00. The van der Waals surface area contributed by atoms with E-state index in [-0.39, 0.29) is 17.9 Å². The highest BCUT2D eigenvalue weighted by Crippen LogP contribution is 2.26. The summed E-state index contributed by atoms with van der Waals surface area (Å²) in [6, 6.07) is 15.8. The third-order valence-corrected chi connectivity index (χ3v) is 5.60. The van der Waals surface area contributed by atoms with Crippen molar-refractivity contribution in [1.82, 2.24) is 9.80 Å². The van der Waals surface area contributed by atoms with E-state index < -0.39 is 0 Å². The van der Waals surface area contributed by atoms with Gasteiger partial charge in [-0.3, -0.25) is 19.4 Å². The summed E-state index contributed by atoms with van der Waals surface area (Å²) in [6.07, 6.45) is 1.89. The molecule has 2 aliphatic rings. The van der Waals surface area contributed by atoms with Crippen molar-refractivity contribution in [2.75, 3.05) is 20.2 Å². The zero-order chi connectivity index (χ0) is 18.8. The molecule has 0 aromatic heterocycles. The van der Waals surface area contributed by atoms with Crippen LogP contribution in [0.15, 0.2) is 48.5 Å². The lowest BCUT2D eigenvalue weighted by molar-refractivity contribution is -0.139. The first-order chi connectivity index (χ1) is 13.2. The second-order valence-corrected chi connectivity index (χ2v) is 7.19. The van der Waals surface area contributed by atoms with Gasteiger partial charge in [-0.2, -0.15) is 0 Å². The minimum absolute atomic E-state index is 0.0482. The molecule has 0 bridgehead atoms. The number of amides is 2. The molecule has 2 amide bonds. The Kier molecular flexibility index (Phi) is 4.94. The molecular weight excluding hydrogens is 340 g/mol. The lowest BCUT2D eigenvalue weighted by Gasteiger charge is -2.32. The van der Waals surface area contributed by atoms with Crippen LogP contribution in [0.1, 0.15) is 23.1 Å². The summed E-state index contributed by atoms with van der Waals surface area (Å²) in [5.41, 5.74) is 3.70. The Balaban J connectivity index is 1.40. The molecule has 5 nitrogen and oxygen atoms in total. The maximum Gasteiger partial charge on any atom is 0.247 e. The standard InChI is InChI=1S/C22H24N2O3/c1-27-19-8-6-16(7-9-19)10-13-24-21(25)14-20(22(24)26)23-12-11-17-4-2-3-5-18(17)15-23/h2-9,20H,10-15H2,1H3/t20-/m0/s1. The quantitative estimate of drug-likeness (QED) is 0.765. The number of benzene rings is 2. The number of rotatable bonds is 5. The van der Waals surface area contributed by atoms with Crippen LogP contribution < -0.4 is 4.74 Å². The Labute approximate surface area is 159 Å². The van der Waals surface area contributed by atoms with Gasteiger partial charge in [-0.1, -0.05) is 36.4 Å². The number of carbonyl (C=O) groups excluding carboxylic acids is 2. The molecule has 0 unspecified atom stereocenters. The van der Waals surface area contributed by atoms with E-state index in [1.807, 2.05) is 30.3 Å². The summed E-state index contributed by atoms with van der Waals surface area (Å²) in [5, 5.41) is 0. The molecule has 2 aromatic carbocycles. The number of methoxy groups -OCH3 is 1. The number of nitrogens with zero attached hydrogens (tertiary/aromatic N) is 2. The normalized spacial score (nSPS) is 20.0. The van der Waals surface area contributed by atoms with E-state index in [1.54, 1.807) is 7.11 Å². The number of carbonyl (C=O) groups is 2. The lowest BCUT2D eigenvalue weighted by Crippen LogP contribution is -2.44. The highest BCUT2D eigenvalue weighted by molar-refractivity contribution is 6.05. The van der Waals surface area contributed by atoms with E-state index in [0.717, 1.165) is 30.8 Å². The summed E-state index contributed by atoms with van der Waals surface area (Å²) in [5.74, 6) is 0.697. The van der Waals surface area contributed by atoms with Crippen LogP contribution >= 0.6 is 0 Å². The molecule has 140 valence electrons. The molecule has 1 saturated heterocycles. The Morgan fingerprint density at radius 1 is 1.04 bits per heavy atom. The Hall–Kier alpha value is -2.66. The minimum atomic E-state index is -0.318. The SMILES string of the molecule is COc1ccc(CCN2C(=O)C[C@H](N3CCc4ccccc4C3)C2=O)cc1. The highest BCUT2D eigenvalue weighted by Gasteiger charge is 2.42. The lowest BCUT2D eigenvalue weighted by atomic mass is 9.98. The zero-order valence-electron chi connectivity index (χ0n) is 15.6. The predicted molar refractivity (Wildman–Crippen MR) is 102 cm³/mol. The monoisotopic (exact) mass is 364 g/mol. The van der Waals surface area contributed by atoms with E-state index in [9.17, 15) is 9.59 Å². The number of hydrogen-bond donors (Lipinski definition) is 0. The summed E-state index contributed by atoms with van der Waals surface area (Å²) >= 11 is 0. The molecule has 1 atom stereocenters. The van der Waals surface area contributed by atoms with Crippen LogP contribution in [0.5, 0.6) is 5.75 Å². The number of hydrogen-bond acceptors (Lipinski definition) is 4. The maximum atomic E-state index is 12.9. The molecule has 27 heavy (non-hydrogen) atoms. The first-order valence-electron chi connectivity index (χ1n) is 9.43. The average molecular weight is 364 g/mol. The molecule has 0 saturated carbocycles. The fraction of sp³-hybridized carbons (Fsp3) is 0.364. The van der Waals surface area contributed by atoms with Gasteiger partial charge in [0.05, 0.1) is 19.6 Å². The molecule has 4 rings (SSSR count). The minimum Gasteiger partial charge on any atom is -0.497 e. The molecule has 0 aliphatic carbocycles. The van der Waals surface area contributed by atoms with Crippen LogP contribution in [-0.4, -0.2) is 47.9 Å². The zero-order valence-corrected chi connectivity index (χ0v) is 15.6. The molecule has 2 aromatic rings. The van der Waals surface area contributed by atoms with Crippen LogP contribution in [0.4, 0.5) is 0 Å². The van der Waals surface area contributed by atoms with Crippen LogP contribution in [0, 0.1) is 0 Å². The van der Waals surface area contributed by atoms with Gasteiger partial charge in [0.15, 0.2) is 0 Å². The van der Waals surface area contributed by atoms with Crippen molar-refractivity contribution >= 4 is 11.8 Å². The van der Waals surface area contributed by atoms with Gasteiger partial charge >= 0.3 is 0 Å². The first-order valence-corrected chi connectivity index (χ1v) is 9.43. The number of ether oxygens (including phenoxy) is 1. The van der Waals surface area contributed by atoms with Crippen LogP contribution in [0.2, 0.25) is 0 Å². The van der Waals surface area contributed by atoms with Crippen molar-refractivity contribution in [2.45, 2.75) is 31.8 Å². The van der Waals surface area contributed by atoms with E-state index in [2.05, 4.69) is 23.1 Å². The summed E-state index contributed by atoms with van der Waals surface area (Å²) in [6.45, 7) is 2.00. The third-order valence-electron chi connectivity index (χ3n) is 5.60. The number of imide groups is 1. The molecular formula is C22H24N2O3. The fourth-order valence-corrected chi connectivity index (χ4v) is 4.00. The summed E-state index contributed by atoms with van der Waals surface area (Å²) < 4.78 is 5.16. The second-order valence-electron chi connectivity index (χ2n) is 7.19. The van der Waals surface area contributed by atoms with Gasteiger partial charge in [0.2, 0.25) is 11.8 Å². The fourth-order valence-electron chi connectivity index (χ4n) is 4.00. The van der Waals surface area contributed by atoms with E-state index >= 15 is 0 Å². The van der Waals surface area contributed by atoms with Gasteiger partial charge in [-0.05, 0) is 41.7 Å². The molecule has 0 radical (unpaired) electrons. The number of likely N-dealkylation sites (tertiary alicyclic amines) is 1. The Morgan fingerprint density at radius 3 is 2.52 bits per heavy atom. The first kappa shape index (κ1) is 17.7. The Morgan fingerprint density at radius 2 is 1.78 bits per heavy atom. The molecule has 1 fully saturated rings. The van der Waals surface area contributed by atoms with Gasteiger partial charge in [0.25, 0.3) is 0 Å². The van der Waals surface area contributed by atoms with Crippen LogP contribution in [0.25, 0.3) is 0 Å². The number of fused-ring (bicyclic) bond motifs is 1. The van der Waals surface area contributed by atoms with Gasteiger partial charge in [0, 0.05) is 19.6 Å². The van der Waals surface area contributed by atoms with Gasteiger partial charge in [-0.15, -0.1) is 0 Å². The van der Waals surface area contributed by atoms with Gasteiger partial charge in [-0.25, -0.2) is 0 Å². The summed E-state index contributed by atoms with van der Waals surface area (Å²) in [7, 11) is 1.63. The predicted octanol–water partition coefficient (Wildman–Crippen LogP) is 2.42. The van der Waals surface area contributed by atoms with Crippen molar-refractivity contribution in [3.8, 4) is 5.75 Å². The van der Waals surface area contributed by atoms with Crippen molar-refractivity contribution in [3.05, 3.63) is 65.2 Å². The molecule has 2 aliphatic heterocycles. The maximum absolute atomic E-state index is 12.9. The van der Waals surface area contributed by atoms with Crippen molar-refractivity contribution in [3.63, 3.8) is 0 Å². The molecule has 0 N–H and O–H groups in total. The van der Waals surface area contributed by atoms with E-state index in [4.69, 9.17) is 4.74 Å². The second kappa shape index (κ2) is 7.53. The molecule has 2 heterocycles. The van der Waals surface area contributed by atoms with E-state index in [0.29, 0.717) is 19.4 Å². The highest BCUT2D eigenvalue weighted by atomic mass is 16.5. The molecule has 5 heteroatoms. The Bertz CT molecular complexity index is 847. The topological polar surface area (TPSA) is 49.9 Å². The van der Waals surface area contributed by atoms with E-state index in [1.165, 1.54) is 16.0 Å². The van der Waals surface area contributed by atoms with Gasteiger partial charge < -0.3 is 4.74 Å². The van der Waals surface area contributed by atoms with Crippen molar-refractivity contribution < 1.29 is 14.3 Å². The summed E-state index contributed by atoms with van der Waals surface area (Å²) in [4.78, 5) is 29.0. The largest absolute Gasteiger partial charge is 0.497 e. The molecule has 0 spiro atoms. The van der Waals surface area contributed by atoms with Crippen LogP contribution in [-0.2, 0) is 29.0 Å². The van der Waals surface area contributed by atoms with Crippen molar-refractivity contribution in [2.24, 2.45) is 0 Å². The third kappa shape index (κ3) is 3.60. The smallest absolute Gasteiger partial charge is 0.247 e. The van der Waals surface area contributed by atoms with Crippen LogP contribution in [0.3, 0.4) is 0 Å². The van der Waals surface area contributed by atoms with Crippen molar-refractivity contribution in [1.29, 1.82) is 0 Å². The van der Waals surface area contributed by atoms with Gasteiger partial charge in [0.1, 0.15) is 5.75 Å².